The molecule has 1 fully saturated rings. The molecule has 2 aliphatic heterocycles. The van der Waals surface area contributed by atoms with Crippen molar-refractivity contribution in [1.29, 1.82) is 0 Å². The minimum Gasteiger partial charge on any atom is -0.390 e. The normalized spacial score (nSPS) is 17.8. The maximum absolute atomic E-state index is 12.7. The number of amides is 2. The minimum absolute atomic E-state index is 0.137. The van der Waals surface area contributed by atoms with Gasteiger partial charge in [0.1, 0.15) is 0 Å². The molecule has 182 valence electrons. The topological polar surface area (TPSA) is 85.8 Å². The predicted octanol–water partition coefficient (Wildman–Crippen LogP) is 2.34. The van der Waals surface area contributed by atoms with Crippen LogP contribution in [0.4, 0.5) is 0 Å². The van der Waals surface area contributed by atoms with Crippen LogP contribution in [0.25, 0.3) is 0 Å². The van der Waals surface area contributed by atoms with Gasteiger partial charge >= 0.3 is 0 Å². The van der Waals surface area contributed by atoms with Crippen LogP contribution < -0.4 is 5.32 Å². The molecule has 2 aromatic rings. The standard InChI is InChI=1S/C27H36N4O3/c1-19-4-3-5-23-17-30(11-9-26(19)23)18-25(33)16-29-27(34)22-6-10-28-24(15-22)14-21-7-12-31(13-8-21)20(2)32/h3-6,10,15,21,25,33H,7-9,11-14,16-18H2,1-2H3,(H,29,34)/t25-/m0/s1. The Hall–Kier alpha value is -2.77. The summed E-state index contributed by atoms with van der Waals surface area (Å²) in [7, 11) is 0. The third-order valence-corrected chi connectivity index (χ3v) is 7.18. The van der Waals surface area contributed by atoms with Gasteiger partial charge in [0.25, 0.3) is 5.91 Å². The highest BCUT2D eigenvalue weighted by Crippen LogP contribution is 2.23. The number of benzene rings is 1. The number of hydrogen-bond acceptors (Lipinski definition) is 5. The van der Waals surface area contributed by atoms with Crippen molar-refractivity contribution in [2.45, 2.75) is 52.2 Å². The first-order chi connectivity index (χ1) is 16.4. The Kier molecular flexibility index (Phi) is 7.95. The van der Waals surface area contributed by atoms with Gasteiger partial charge in [-0.1, -0.05) is 18.2 Å². The Balaban J connectivity index is 1.24. The molecule has 0 bridgehead atoms. The van der Waals surface area contributed by atoms with E-state index in [9.17, 15) is 14.7 Å². The van der Waals surface area contributed by atoms with Crippen LogP contribution in [0.2, 0.25) is 0 Å². The number of piperidine rings is 1. The molecule has 0 saturated carbocycles. The maximum Gasteiger partial charge on any atom is 0.251 e. The second-order valence-corrected chi connectivity index (χ2v) is 9.75. The number of likely N-dealkylation sites (tertiary alicyclic amines) is 1. The third-order valence-electron chi connectivity index (χ3n) is 7.18. The molecule has 1 aromatic carbocycles. The van der Waals surface area contributed by atoms with Crippen molar-refractivity contribution in [3.8, 4) is 0 Å². The number of carbonyl (C=O) groups is 2. The third kappa shape index (κ3) is 6.21. The minimum atomic E-state index is -0.622. The van der Waals surface area contributed by atoms with Gasteiger partial charge in [-0.25, -0.2) is 0 Å². The second-order valence-electron chi connectivity index (χ2n) is 9.75. The van der Waals surface area contributed by atoms with Gasteiger partial charge in [0, 0.05) is 63.6 Å². The van der Waals surface area contributed by atoms with Crippen LogP contribution in [0.5, 0.6) is 0 Å². The zero-order chi connectivity index (χ0) is 24.1. The van der Waals surface area contributed by atoms with E-state index in [0.717, 1.165) is 57.6 Å². The molecule has 0 radical (unpaired) electrons. The number of carbonyl (C=O) groups excluding carboxylic acids is 2. The van der Waals surface area contributed by atoms with Crippen molar-refractivity contribution in [3.05, 3.63) is 64.5 Å². The molecule has 4 rings (SSSR count). The highest BCUT2D eigenvalue weighted by atomic mass is 16.3. The van der Waals surface area contributed by atoms with Crippen LogP contribution in [0.15, 0.2) is 36.5 Å². The first-order valence-corrected chi connectivity index (χ1v) is 12.4. The average Bonchev–Trinajstić information content (AvgIpc) is 2.83. The lowest BCUT2D eigenvalue weighted by Crippen LogP contribution is -2.42. The van der Waals surface area contributed by atoms with Gasteiger partial charge < -0.3 is 15.3 Å². The fraction of sp³-hybridized carbons (Fsp3) is 0.519. The summed E-state index contributed by atoms with van der Waals surface area (Å²) in [6.07, 6.45) is 4.79. The van der Waals surface area contributed by atoms with E-state index in [1.54, 1.807) is 19.2 Å². The van der Waals surface area contributed by atoms with Crippen molar-refractivity contribution in [2.75, 3.05) is 32.7 Å². The van der Waals surface area contributed by atoms with Gasteiger partial charge in [-0.05, 0) is 67.3 Å². The fourth-order valence-corrected chi connectivity index (χ4v) is 5.17. The summed E-state index contributed by atoms with van der Waals surface area (Å²) in [6.45, 7) is 7.86. The van der Waals surface area contributed by atoms with Crippen LogP contribution >= 0.6 is 0 Å². The van der Waals surface area contributed by atoms with E-state index in [2.05, 4.69) is 40.3 Å². The molecular formula is C27H36N4O3. The van der Waals surface area contributed by atoms with Gasteiger partial charge in [0.15, 0.2) is 0 Å². The van der Waals surface area contributed by atoms with Crippen LogP contribution in [0, 0.1) is 12.8 Å². The number of aryl methyl sites for hydroxylation is 1. The number of hydrogen-bond donors (Lipinski definition) is 2. The molecular weight excluding hydrogens is 428 g/mol. The van der Waals surface area contributed by atoms with Gasteiger partial charge in [0.05, 0.1) is 6.10 Å². The molecule has 1 aromatic heterocycles. The molecule has 1 saturated heterocycles. The monoisotopic (exact) mass is 464 g/mol. The summed E-state index contributed by atoms with van der Waals surface area (Å²) >= 11 is 0. The molecule has 2 amide bonds. The van der Waals surface area contributed by atoms with Crippen LogP contribution in [0.3, 0.4) is 0 Å². The van der Waals surface area contributed by atoms with Crippen molar-refractivity contribution >= 4 is 11.8 Å². The Morgan fingerprint density at radius 1 is 1.21 bits per heavy atom. The van der Waals surface area contributed by atoms with Gasteiger partial charge in [-0.15, -0.1) is 0 Å². The summed E-state index contributed by atoms with van der Waals surface area (Å²) < 4.78 is 0. The molecule has 2 N–H and O–H groups in total. The van der Waals surface area contributed by atoms with Crippen LogP contribution in [0.1, 0.15) is 52.5 Å². The lowest BCUT2D eigenvalue weighted by Gasteiger charge is -2.31. The van der Waals surface area contributed by atoms with E-state index in [4.69, 9.17) is 0 Å². The second kappa shape index (κ2) is 11.1. The van der Waals surface area contributed by atoms with E-state index in [-0.39, 0.29) is 18.4 Å². The van der Waals surface area contributed by atoms with Crippen molar-refractivity contribution in [3.63, 3.8) is 0 Å². The first-order valence-electron chi connectivity index (χ1n) is 12.4. The van der Waals surface area contributed by atoms with E-state index >= 15 is 0 Å². The summed E-state index contributed by atoms with van der Waals surface area (Å²) in [6, 6.07) is 9.97. The fourth-order valence-electron chi connectivity index (χ4n) is 5.17. The van der Waals surface area contributed by atoms with Crippen LogP contribution in [-0.2, 0) is 24.2 Å². The van der Waals surface area contributed by atoms with Crippen molar-refractivity contribution in [2.24, 2.45) is 5.92 Å². The van der Waals surface area contributed by atoms with Crippen molar-refractivity contribution < 1.29 is 14.7 Å². The van der Waals surface area contributed by atoms with E-state index < -0.39 is 6.10 Å². The molecule has 2 aliphatic rings. The lowest BCUT2D eigenvalue weighted by atomic mass is 9.91. The summed E-state index contributed by atoms with van der Waals surface area (Å²) in [5, 5.41) is 13.4. The molecule has 1 atom stereocenters. The number of pyridine rings is 1. The molecule has 0 spiro atoms. The molecule has 0 aliphatic carbocycles. The molecule has 0 unspecified atom stereocenters. The number of β-amino-alcohol motifs (C(OH)–C–C–N with tert-alkyl or cyclic N) is 1. The van der Waals surface area contributed by atoms with E-state index in [1.165, 1.54) is 16.7 Å². The number of aliphatic hydroxyl groups is 1. The highest BCUT2D eigenvalue weighted by Gasteiger charge is 2.22. The zero-order valence-corrected chi connectivity index (χ0v) is 20.3. The Labute approximate surface area is 202 Å². The number of nitrogens with one attached hydrogen (secondary N) is 1. The maximum atomic E-state index is 12.7. The summed E-state index contributed by atoms with van der Waals surface area (Å²) in [5.41, 5.74) is 5.57. The quantitative estimate of drug-likeness (QED) is 0.657. The summed E-state index contributed by atoms with van der Waals surface area (Å²) in [5.74, 6) is 0.424. The number of aliphatic hydroxyl groups excluding tert-OH is 1. The lowest BCUT2D eigenvalue weighted by molar-refractivity contribution is -0.130. The number of rotatable bonds is 7. The number of fused-ring (bicyclic) bond motifs is 1. The van der Waals surface area contributed by atoms with E-state index in [0.29, 0.717) is 18.0 Å². The van der Waals surface area contributed by atoms with E-state index in [1.807, 2.05) is 11.0 Å². The van der Waals surface area contributed by atoms with Gasteiger partial charge in [-0.3, -0.25) is 19.5 Å². The highest BCUT2D eigenvalue weighted by molar-refractivity contribution is 5.94. The largest absolute Gasteiger partial charge is 0.390 e. The summed E-state index contributed by atoms with van der Waals surface area (Å²) in [4.78, 5) is 32.8. The zero-order valence-electron chi connectivity index (χ0n) is 20.3. The first kappa shape index (κ1) is 24.4. The molecule has 7 heteroatoms. The van der Waals surface area contributed by atoms with Gasteiger partial charge in [0.2, 0.25) is 5.91 Å². The molecule has 7 nitrogen and oxygen atoms in total. The molecule has 34 heavy (non-hydrogen) atoms. The molecule has 3 heterocycles. The van der Waals surface area contributed by atoms with Crippen molar-refractivity contribution in [1.82, 2.24) is 20.1 Å². The number of aromatic nitrogens is 1. The number of nitrogens with zero attached hydrogens (tertiary/aromatic N) is 3. The predicted molar refractivity (Wildman–Crippen MR) is 131 cm³/mol. The Morgan fingerprint density at radius 3 is 2.76 bits per heavy atom. The Morgan fingerprint density at radius 2 is 2.00 bits per heavy atom. The average molecular weight is 465 g/mol. The Bertz CT molecular complexity index is 1020. The van der Waals surface area contributed by atoms with Crippen LogP contribution in [-0.4, -0.2) is 70.5 Å². The smallest absolute Gasteiger partial charge is 0.251 e. The van der Waals surface area contributed by atoms with Gasteiger partial charge in [-0.2, -0.15) is 0 Å². The SMILES string of the molecule is CC(=O)N1CCC(Cc2cc(C(=O)NC[C@H](O)CN3CCc4c(C)cccc4C3)ccn2)CC1.